The Morgan fingerprint density at radius 1 is 1.24 bits per heavy atom. The number of aromatic nitrogens is 4. The van der Waals surface area contributed by atoms with E-state index in [-0.39, 0.29) is 0 Å². The van der Waals surface area contributed by atoms with E-state index in [2.05, 4.69) is 15.4 Å². The second-order valence-corrected chi connectivity index (χ2v) is 5.60. The molecule has 2 N–H and O–H groups in total. The number of hydrogen-bond donors (Lipinski definition) is 1. The number of furan rings is 1. The highest BCUT2D eigenvalue weighted by Gasteiger charge is 2.17. The fraction of sp³-hybridized carbons (Fsp3) is 0.308. The molecule has 0 saturated carbocycles. The van der Waals surface area contributed by atoms with E-state index in [1.807, 2.05) is 26.8 Å². The summed E-state index contributed by atoms with van der Waals surface area (Å²) in [5, 5.41) is 12.8. The lowest BCUT2D eigenvalue weighted by Crippen LogP contribution is -2.11. The van der Waals surface area contributed by atoms with Crippen molar-refractivity contribution in [1.29, 1.82) is 0 Å². The van der Waals surface area contributed by atoms with Crippen LogP contribution in [0.5, 0.6) is 0 Å². The molecule has 7 nitrogen and oxygen atoms in total. The van der Waals surface area contributed by atoms with Gasteiger partial charge in [0.1, 0.15) is 11.5 Å². The molecule has 0 unspecified atom stereocenters. The number of aryl methyl sites for hydroxylation is 3. The third-order valence-corrected chi connectivity index (χ3v) is 4.26. The first-order valence-corrected chi connectivity index (χ1v) is 7.36. The molecule has 0 aliphatic heterocycles. The molecule has 3 heterocycles. The molecular formula is C13H15N5O2S. The largest absolute Gasteiger partial charge is 0.469 e. The van der Waals surface area contributed by atoms with Gasteiger partial charge in [-0.3, -0.25) is 0 Å². The van der Waals surface area contributed by atoms with Crippen LogP contribution >= 0.6 is 11.8 Å². The summed E-state index contributed by atoms with van der Waals surface area (Å²) in [6, 6.07) is 1.82. The number of nitrogens with zero attached hydrogens (tertiary/aromatic N) is 4. The molecule has 0 fully saturated rings. The highest BCUT2D eigenvalue weighted by atomic mass is 32.2. The average Bonchev–Trinajstić information content (AvgIpc) is 3.11. The molecule has 21 heavy (non-hydrogen) atoms. The summed E-state index contributed by atoms with van der Waals surface area (Å²) in [4.78, 5) is 0. The first-order chi connectivity index (χ1) is 10.1. The van der Waals surface area contributed by atoms with Crippen LogP contribution in [0.4, 0.5) is 0 Å². The Bertz CT molecular complexity index is 754. The maximum absolute atomic E-state index is 6.07. The third-order valence-electron chi connectivity index (χ3n) is 3.29. The van der Waals surface area contributed by atoms with Crippen LogP contribution in [0.15, 0.2) is 26.4 Å². The minimum Gasteiger partial charge on any atom is -0.469 e. The van der Waals surface area contributed by atoms with Gasteiger partial charge in [-0.15, -0.1) is 10.2 Å². The Hall–Kier alpha value is -2.22. The number of hydrogen-bond acceptors (Lipinski definition) is 7. The summed E-state index contributed by atoms with van der Waals surface area (Å²) < 4.78 is 11.9. The van der Waals surface area contributed by atoms with E-state index < -0.39 is 0 Å². The van der Waals surface area contributed by atoms with Crippen LogP contribution in [0, 0.1) is 20.8 Å². The molecule has 110 valence electrons. The highest BCUT2D eigenvalue weighted by Crippen LogP contribution is 2.28. The standard InChI is InChI=1S/C13H15N5O2S/c1-7-11(9(3)20-17-7)6-21-13-16-15-12(18(13)14)10-4-5-19-8(10)2/h4-5H,6,14H2,1-3H3. The fourth-order valence-corrected chi connectivity index (χ4v) is 3.03. The number of thioether (sulfide) groups is 1. The van der Waals surface area contributed by atoms with Crippen molar-refractivity contribution in [1.82, 2.24) is 20.0 Å². The molecule has 8 heteroatoms. The molecule has 3 rings (SSSR count). The molecule has 0 bridgehead atoms. The molecule has 0 atom stereocenters. The lowest BCUT2D eigenvalue weighted by molar-refractivity contribution is 0.392. The second-order valence-electron chi connectivity index (χ2n) is 4.66. The van der Waals surface area contributed by atoms with E-state index >= 15 is 0 Å². The molecule has 0 aliphatic rings. The Balaban J connectivity index is 1.82. The smallest absolute Gasteiger partial charge is 0.210 e. The van der Waals surface area contributed by atoms with Gasteiger partial charge in [0.2, 0.25) is 5.16 Å². The van der Waals surface area contributed by atoms with Gasteiger partial charge in [0.25, 0.3) is 0 Å². The number of rotatable bonds is 4. The zero-order valence-corrected chi connectivity index (χ0v) is 12.8. The average molecular weight is 305 g/mol. The monoisotopic (exact) mass is 305 g/mol. The summed E-state index contributed by atoms with van der Waals surface area (Å²) in [5.41, 5.74) is 2.78. The van der Waals surface area contributed by atoms with Crippen LogP contribution in [-0.4, -0.2) is 20.0 Å². The number of nitrogens with two attached hydrogens (primary N) is 1. The highest BCUT2D eigenvalue weighted by molar-refractivity contribution is 7.98. The number of nitrogen functional groups attached to an aromatic ring is 1. The second kappa shape index (κ2) is 5.28. The first-order valence-electron chi connectivity index (χ1n) is 6.37. The van der Waals surface area contributed by atoms with Crippen molar-refractivity contribution in [3.05, 3.63) is 35.1 Å². The van der Waals surface area contributed by atoms with Crippen LogP contribution in [0.3, 0.4) is 0 Å². The summed E-state index contributed by atoms with van der Waals surface area (Å²) in [5.74, 6) is 8.91. The van der Waals surface area contributed by atoms with Gasteiger partial charge in [0.05, 0.1) is 17.5 Å². The Morgan fingerprint density at radius 3 is 2.67 bits per heavy atom. The normalized spacial score (nSPS) is 11.2. The van der Waals surface area contributed by atoms with Crippen LogP contribution in [0.1, 0.15) is 22.8 Å². The summed E-state index contributed by atoms with van der Waals surface area (Å²) >= 11 is 1.49. The minimum atomic E-state index is 0.586. The Morgan fingerprint density at radius 2 is 2.05 bits per heavy atom. The molecule has 0 aromatic carbocycles. The third kappa shape index (κ3) is 2.42. The summed E-state index contributed by atoms with van der Waals surface area (Å²) in [6.45, 7) is 5.67. The molecule has 0 spiro atoms. The quantitative estimate of drug-likeness (QED) is 0.584. The molecule has 0 saturated heterocycles. The predicted molar refractivity (Wildman–Crippen MR) is 78.1 cm³/mol. The lowest BCUT2D eigenvalue weighted by atomic mass is 10.2. The van der Waals surface area contributed by atoms with Crippen molar-refractivity contribution in [3.63, 3.8) is 0 Å². The van der Waals surface area contributed by atoms with Crippen molar-refractivity contribution in [3.8, 4) is 11.4 Å². The molecule has 3 aromatic rings. The van der Waals surface area contributed by atoms with Crippen molar-refractivity contribution in [2.45, 2.75) is 31.7 Å². The summed E-state index contributed by atoms with van der Waals surface area (Å²) in [6.07, 6.45) is 1.61. The van der Waals surface area contributed by atoms with Crippen LogP contribution in [0.25, 0.3) is 11.4 Å². The Labute approximate surface area is 125 Å². The van der Waals surface area contributed by atoms with Crippen molar-refractivity contribution >= 4 is 11.8 Å². The topological polar surface area (TPSA) is 95.9 Å². The van der Waals surface area contributed by atoms with E-state index in [0.29, 0.717) is 16.7 Å². The molecule has 0 aliphatic carbocycles. The van der Waals surface area contributed by atoms with E-state index in [1.54, 1.807) is 6.26 Å². The SMILES string of the molecule is Cc1noc(C)c1CSc1nnc(-c2ccoc2C)n1N. The van der Waals surface area contributed by atoms with Gasteiger partial charge < -0.3 is 14.8 Å². The zero-order valence-electron chi connectivity index (χ0n) is 12.0. The van der Waals surface area contributed by atoms with Gasteiger partial charge in [0, 0.05) is 11.3 Å². The predicted octanol–water partition coefficient (Wildman–Crippen LogP) is 2.46. The first kappa shape index (κ1) is 13.7. The van der Waals surface area contributed by atoms with E-state index in [4.69, 9.17) is 14.8 Å². The van der Waals surface area contributed by atoms with Gasteiger partial charge >= 0.3 is 0 Å². The molecule has 0 radical (unpaired) electrons. The van der Waals surface area contributed by atoms with Crippen molar-refractivity contribution in [2.75, 3.05) is 5.84 Å². The zero-order chi connectivity index (χ0) is 15.0. The molecule has 3 aromatic heterocycles. The lowest BCUT2D eigenvalue weighted by Gasteiger charge is -2.02. The molecule has 0 amide bonds. The van der Waals surface area contributed by atoms with Gasteiger partial charge in [-0.05, 0) is 26.8 Å². The van der Waals surface area contributed by atoms with Gasteiger partial charge in [-0.25, -0.2) is 4.68 Å². The molecular weight excluding hydrogens is 290 g/mol. The van der Waals surface area contributed by atoms with Crippen molar-refractivity contribution < 1.29 is 8.94 Å². The van der Waals surface area contributed by atoms with Gasteiger partial charge in [-0.2, -0.15) is 0 Å². The van der Waals surface area contributed by atoms with Crippen LogP contribution < -0.4 is 5.84 Å². The van der Waals surface area contributed by atoms with Crippen molar-refractivity contribution in [2.24, 2.45) is 0 Å². The minimum absolute atomic E-state index is 0.586. The van der Waals surface area contributed by atoms with Crippen LogP contribution in [-0.2, 0) is 5.75 Å². The van der Waals surface area contributed by atoms with Gasteiger partial charge in [-0.1, -0.05) is 16.9 Å². The van der Waals surface area contributed by atoms with Crippen LogP contribution in [0.2, 0.25) is 0 Å². The maximum Gasteiger partial charge on any atom is 0.210 e. The van der Waals surface area contributed by atoms with E-state index in [1.165, 1.54) is 16.4 Å². The maximum atomic E-state index is 6.07. The van der Waals surface area contributed by atoms with E-state index in [0.717, 1.165) is 28.3 Å². The van der Waals surface area contributed by atoms with Gasteiger partial charge in [0.15, 0.2) is 5.82 Å². The van der Waals surface area contributed by atoms with E-state index in [9.17, 15) is 0 Å². The summed E-state index contributed by atoms with van der Waals surface area (Å²) in [7, 11) is 0. The Kier molecular flexibility index (Phi) is 3.46. The fourth-order valence-electron chi connectivity index (χ4n) is 2.02.